The van der Waals surface area contributed by atoms with Gasteiger partial charge >= 0.3 is 0 Å². The van der Waals surface area contributed by atoms with Crippen LogP contribution in [0.25, 0.3) is 0 Å². The minimum absolute atomic E-state index is 0.0444. The molecule has 164 valence electrons. The number of hydrogen-bond donors (Lipinski definition) is 1. The van der Waals surface area contributed by atoms with Gasteiger partial charge in [-0.3, -0.25) is 9.48 Å². The van der Waals surface area contributed by atoms with E-state index >= 15 is 0 Å². The predicted molar refractivity (Wildman–Crippen MR) is 125 cm³/mol. The zero-order chi connectivity index (χ0) is 22.7. The lowest BCUT2D eigenvalue weighted by molar-refractivity contribution is 0.0992. The molecule has 4 aromatic rings. The molecule has 0 spiro atoms. The molecule has 0 aliphatic heterocycles. The number of amides is 1. The van der Waals surface area contributed by atoms with Crippen LogP contribution in [0.1, 0.15) is 27.4 Å². The van der Waals surface area contributed by atoms with Gasteiger partial charge in [0.1, 0.15) is 12.4 Å². The highest BCUT2D eigenvalue weighted by atomic mass is 35.5. The van der Waals surface area contributed by atoms with Crippen LogP contribution in [0.3, 0.4) is 0 Å². The number of rotatable bonds is 7. The molecule has 0 saturated carbocycles. The number of ether oxygens (including phenoxy) is 1. The molecular weight excluding hydrogens is 473 g/mol. The second-order valence-electron chi connectivity index (χ2n) is 7.12. The van der Waals surface area contributed by atoms with E-state index in [4.69, 9.17) is 44.0 Å². The normalized spacial score (nSPS) is 10.9. The minimum atomic E-state index is -0.395. The maximum atomic E-state index is 12.5. The van der Waals surface area contributed by atoms with E-state index in [0.29, 0.717) is 28.8 Å². The number of nitrogens with one attached hydrogen (secondary N) is 1. The standard InChI is InChI=1S/C23H18Cl3N3O3/c1-14-3-2-4-15(7-14)11-29-12-17(10-27-29)28-23(30)21-6-5-18(32-21)13-31-22-19(25)8-16(24)9-20(22)26/h2-10,12H,11,13H2,1H3,(H,28,30). The molecular formula is C23H18Cl3N3O3. The van der Waals surface area contributed by atoms with Crippen molar-refractivity contribution < 1.29 is 13.9 Å². The summed E-state index contributed by atoms with van der Waals surface area (Å²) in [6.45, 7) is 2.69. The summed E-state index contributed by atoms with van der Waals surface area (Å²) in [5, 5.41) is 8.05. The maximum absolute atomic E-state index is 12.5. The van der Waals surface area contributed by atoms with Gasteiger partial charge in [-0.25, -0.2) is 0 Å². The third kappa shape index (κ3) is 5.46. The SMILES string of the molecule is Cc1cccc(Cn2cc(NC(=O)c3ccc(COc4c(Cl)cc(Cl)cc4Cl)o3)cn2)c1. The number of halogens is 3. The Morgan fingerprint density at radius 1 is 1.12 bits per heavy atom. The highest BCUT2D eigenvalue weighted by molar-refractivity contribution is 6.40. The smallest absolute Gasteiger partial charge is 0.291 e. The molecule has 0 atom stereocenters. The first kappa shape index (κ1) is 22.3. The highest BCUT2D eigenvalue weighted by Gasteiger charge is 2.15. The number of furan rings is 1. The number of carbonyl (C=O) groups excluding carboxylic acids is 1. The number of anilines is 1. The van der Waals surface area contributed by atoms with Crippen molar-refractivity contribution in [3.05, 3.63) is 98.6 Å². The molecule has 9 heteroatoms. The summed E-state index contributed by atoms with van der Waals surface area (Å²) in [5.41, 5.74) is 2.88. The molecule has 0 aliphatic carbocycles. The lowest BCUT2D eigenvalue weighted by Crippen LogP contribution is -2.10. The number of benzene rings is 2. The van der Waals surface area contributed by atoms with E-state index < -0.39 is 5.91 Å². The fourth-order valence-corrected chi connectivity index (χ4v) is 4.02. The monoisotopic (exact) mass is 489 g/mol. The molecule has 0 saturated heterocycles. The topological polar surface area (TPSA) is 69.3 Å². The van der Waals surface area contributed by atoms with Crippen molar-refractivity contribution in [1.29, 1.82) is 0 Å². The van der Waals surface area contributed by atoms with Crippen molar-refractivity contribution in [3.8, 4) is 5.75 Å². The molecule has 2 heterocycles. The zero-order valence-electron chi connectivity index (χ0n) is 16.9. The summed E-state index contributed by atoms with van der Waals surface area (Å²) >= 11 is 18.1. The lowest BCUT2D eigenvalue weighted by Gasteiger charge is -2.09. The van der Waals surface area contributed by atoms with Gasteiger partial charge in [0.15, 0.2) is 11.5 Å². The Morgan fingerprint density at radius 2 is 1.91 bits per heavy atom. The van der Waals surface area contributed by atoms with Crippen molar-refractivity contribution >= 4 is 46.4 Å². The molecule has 6 nitrogen and oxygen atoms in total. The summed E-state index contributed by atoms with van der Waals surface area (Å²) in [7, 11) is 0. The van der Waals surface area contributed by atoms with Crippen molar-refractivity contribution in [1.82, 2.24) is 9.78 Å². The second-order valence-corrected chi connectivity index (χ2v) is 8.37. The van der Waals surface area contributed by atoms with Crippen LogP contribution >= 0.6 is 34.8 Å². The van der Waals surface area contributed by atoms with Gasteiger partial charge in [-0.2, -0.15) is 5.10 Å². The molecule has 32 heavy (non-hydrogen) atoms. The lowest BCUT2D eigenvalue weighted by atomic mass is 10.1. The first-order valence-corrected chi connectivity index (χ1v) is 10.8. The zero-order valence-corrected chi connectivity index (χ0v) is 19.2. The van der Waals surface area contributed by atoms with Crippen LogP contribution in [-0.2, 0) is 13.2 Å². The van der Waals surface area contributed by atoms with Gasteiger partial charge in [-0.1, -0.05) is 64.6 Å². The van der Waals surface area contributed by atoms with Gasteiger partial charge in [0.2, 0.25) is 0 Å². The van der Waals surface area contributed by atoms with Crippen molar-refractivity contribution in [3.63, 3.8) is 0 Å². The van der Waals surface area contributed by atoms with Gasteiger partial charge in [0, 0.05) is 11.2 Å². The van der Waals surface area contributed by atoms with Crippen molar-refractivity contribution in [2.45, 2.75) is 20.1 Å². The Morgan fingerprint density at radius 3 is 2.66 bits per heavy atom. The highest BCUT2D eigenvalue weighted by Crippen LogP contribution is 2.36. The summed E-state index contributed by atoms with van der Waals surface area (Å²) in [6.07, 6.45) is 3.35. The van der Waals surface area contributed by atoms with Gasteiger partial charge in [-0.15, -0.1) is 0 Å². The van der Waals surface area contributed by atoms with E-state index in [-0.39, 0.29) is 22.4 Å². The molecule has 2 aromatic heterocycles. The predicted octanol–water partition coefficient (Wildman–Crippen LogP) is 6.62. The summed E-state index contributed by atoms with van der Waals surface area (Å²) < 4.78 is 13.0. The van der Waals surface area contributed by atoms with Gasteiger partial charge in [0.25, 0.3) is 5.91 Å². The molecule has 0 radical (unpaired) electrons. The molecule has 0 fully saturated rings. The van der Waals surface area contributed by atoms with Gasteiger partial charge in [-0.05, 0) is 36.8 Å². The molecule has 1 N–H and O–H groups in total. The molecule has 0 aliphatic rings. The largest absolute Gasteiger partial charge is 0.483 e. The van der Waals surface area contributed by atoms with Crippen LogP contribution in [0.2, 0.25) is 15.1 Å². The summed E-state index contributed by atoms with van der Waals surface area (Å²) in [5.74, 6) is 0.478. The van der Waals surface area contributed by atoms with Crippen LogP contribution in [0.15, 0.2) is 65.3 Å². The van der Waals surface area contributed by atoms with Crippen molar-refractivity contribution in [2.24, 2.45) is 0 Å². The fourth-order valence-electron chi connectivity index (χ4n) is 3.09. The Kier molecular flexibility index (Phi) is 6.74. The van der Waals surface area contributed by atoms with E-state index in [1.807, 2.05) is 25.1 Å². The second kappa shape index (κ2) is 9.69. The third-order valence-electron chi connectivity index (χ3n) is 4.53. The fraction of sp³-hybridized carbons (Fsp3) is 0.130. The quantitative estimate of drug-likeness (QED) is 0.316. The van der Waals surface area contributed by atoms with Crippen LogP contribution in [-0.4, -0.2) is 15.7 Å². The Bertz CT molecular complexity index is 1240. The minimum Gasteiger partial charge on any atom is -0.483 e. The van der Waals surface area contributed by atoms with Gasteiger partial charge in [0.05, 0.1) is 28.5 Å². The Labute approximate surface area is 199 Å². The Hall–Kier alpha value is -2.93. The van der Waals surface area contributed by atoms with E-state index in [0.717, 1.165) is 5.56 Å². The molecule has 0 unspecified atom stereocenters. The molecule has 0 bridgehead atoms. The number of carbonyl (C=O) groups is 1. The van der Waals surface area contributed by atoms with E-state index in [1.165, 1.54) is 17.7 Å². The third-order valence-corrected chi connectivity index (χ3v) is 5.31. The first-order valence-electron chi connectivity index (χ1n) is 9.63. The van der Waals surface area contributed by atoms with Crippen LogP contribution < -0.4 is 10.1 Å². The molecule has 4 rings (SSSR count). The van der Waals surface area contributed by atoms with E-state index in [2.05, 4.69) is 16.5 Å². The van der Waals surface area contributed by atoms with Crippen LogP contribution in [0.5, 0.6) is 5.75 Å². The van der Waals surface area contributed by atoms with E-state index in [1.54, 1.807) is 29.2 Å². The maximum Gasteiger partial charge on any atom is 0.291 e. The number of hydrogen-bond acceptors (Lipinski definition) is 4. The summed E-state index contributed by atoms with van der Waals surface area (Å²) in [6, 6.07) is 14.4. The van der Waals surface area contributed by atoms with Crippen molar-refractivity contribution in [2.75, 3.05) is 5.32 Å². The summed E-state index contributed by atoms with van der Waals surface area (Å²) in [4.78, 5) is 12.5. The molecule has 2 aromatic carbocycles. The average molecular weight is 491 g/mol. The Balaban J connectivity index is 1.36. The first-order chi connectivity index (χ1) is 15.4. The van der Waals surface area contributed by atoms with Crippen LogP contribution in [0.4, 0.5) is 5.69 Å². The number of nitrogens with zero attached hydrogens (tertiary/aromatic N) is 2. The van der Waals surface area contributed by atoms with Crippen LogP contribution in [0, 0.1) is 6.92 Å². The van der Waals surface area contributed by atoms with E-state index in [9.17, 15) is 4.79 Å². The van der Waals surface area contributed by atoms with Gasteiger partial charge < -0.3 is 14.5 Å². The molecule has 1 amide bonds. The average Bonchev–Trinajstić information content (AvgIpc) is 3.37. The number of aromatic nitrogens is 2. The number of aryl methyl sites for hydroxylation is 1.